The highest BCUT2D eigenvalue weighted by Gasteiger charge is 2.23. The lowest BCUT2D eigenvalue weighted by molar-refractivity contribution is 0.0766. The Bertz CT molecular complexity index is 1240. The fraction of sp³-hybridized carbons (Fsp3) is 0.167. The smallest absolute Gasteiger partial charge is 0.272 e. The fourth-order valence-electron chi connectivity index (χ4n) is 3.79. The third-order valence-corrected chi connectivity index (χ3v) is 6.27. The Labute approximate surface area is 178 Å². The molecule has 0 aliphatic carbocycles. The summed E-state index contributed by atoms with van der Waals surface area (Å²) in [5.41, 5.74) is 5.00. The quantitative estimate of drug-likeness (QED) is 0.471. The predicted octanol–water partition coefficient (Wildman–Crippen LogP) is 5.00. The molecule has 30 heavy (non-hydrogen) atoms. The van der Waals surface area contributed by atoms with E-state index in [-0.39, 0.29) is 5.91 Å². The van der Waals surface area contributed by atoms with Crippen LogP contribution in [0, 0.1) is 0 Å². The summed E-state index contributed by atoms with van der Waals surface area (Å²) < 4.78 is 7.22. The van der Waals surface area contributed by atoms with Crippen molar-refractivity contribution in [1.82, 2.24) is 14.3 Å². The summed E-state index contributed by atoms with van der Waals surface area (Å²) >= 11 is 1.49. The molecule has 3 heterocycles. The molecular formula is C24H21N3O2S. The van der Waals surface area contributed by atoms with Gasteiger partial charge in [-0.15, -0.1) is 11.3 Å². The lowest BCUT2D eigenvalue weighted by Crippen LogP contribution is -2.35. The first-order chi connectivity index (χ1) is 14.7. The normalized spacial score (nSPS) is 14.0. The predicted molar refractivity (Wildman–Crippen MR) is 120 cm³/mol. The number of carbonyl (C=O) groups is 1. The molecule has 0 bridgehead atoms. The molecule has 2 aromatic carbocycles. The second-order valence-corrected chi connectivity index (χ2v) is 8.06. The highest BCUT2D eigenvalue weighted by molar-refractivity contribution is 7.15. The van der Waals surface area contributed by atoms with Crippen molar-refractivity contribution in [2.24, 2.45) is 0 Å². The van der Waals surface area contributed by atoms with Crippen LogP contribution in [0.25, 0.3) is 21.8 Å². The third-order valence-electron chi connectivity index (χ3n) is 5.43. The number of amides is 1. The van der Waals surface area contributed by atoms with E-state index in [0.717, 1.165) is 28.4 Å². The number of thiazole rings is 1. The maximum absolute atomic E-state index is 13.2. The van der Waals surface area contributed by atoms with Gasteiger partial charge >= 0.3 is 0 Å². The molecule has 0 unspecified atom stereocenters. The van der Waals surface area contributed by atoms with E-state index in [1.807, 2.05) is 51.2 Å². The van der Waals surface area contributed by atoms with E-state index in [4.69, 9.17) is 9.72 Å². The molecule has 5 rings (SSSR count). The molecule has 0 atom stereocenters. The van der Waals surface area contributed by atoms with Gasteiger partial charge in [0.15, 0.2) is 4.96 Å². The molecular weight excluding hydrogens is 394 g/mol. The first-order valence-corrected chi connectivity index (χ1v) is 10.8. The molecule has 2 aromatic heterocycles. The molecule has 1 aliphatic heterocycles. The largest absolute Gasteiger partial charge is 0.497 e. The van der Waals surface area contributed by atoms with Crippen LogP contribution in [0.5, 0.6) is 5.75 Å². The van der Waals surface area contributed by atoms with E-state index in [9.17, 15) is 4.79 Å². The number of imidazole rings is 1. The number of aromatic nitrogens is 2. The van der Waals surface area contributed by atoms with Crippen LogP contribution in [0.4, 0.5) is 0 Å². The zero-order valence-electron chi connectivity index (χ0n) is 16.6. The van der Waals surface area contributed by atoms with Crippen LogP contribution < -0.4 is 4.74 Å². The van der Waals surface area contributed by atoms with Gasteiger partial charge in [-0.3, -0.25) is 9.20 Å². The summed E-state index contributed by atoms with van der Waals surface area (Å²) in [4.78, 5) is 20.6. The lowest BCUT2D eigenvalue weighted by atomic mass is 9.99. The summed E-state index contributed by atoms with van der Waals surface area (Å²) in [5, 5.41) is 1.90. The van der Waals surface area contributed by atoms with E-state index in [2.05, 4.69) is 30.3 Å². The number of carbonyl (C=O) groups excluding carboxylic acids is 1. The van der Waals surface area contributed by atoms with E-state index in [1.54, 1.807) is 7.11 Å². The molecule has 1 amide bonds. The topological polar surface area (TPSA) is 46.8 Å². The summed E-state index contributed by atoms with van der Waals surface area (Å²) in [6.07, 6.45) is 4.96. The Morgan fingerprint density at radius 1 is 1.10 bits per heavy atom. The van der Waals surface area contributed by atoms with Crippen LogP contribution in [-0.4, -0.2) is 40.4 Å². The van der Waals surface area contributed by atoms with Gasteiger partial charge in [-0.2, -0.15) is 0 Å². The van der Waals surface area contributed by atoms with E-state index >= 15 is 0 Å². The molecule has 0 radical (unpaired) electrons. The molecule has 4 aromatic rings. The first-order valence-electron chi connectivity index (χ1n) is 9.87. The molecule has 0 fully saturated rings. The Balaban J connectivity index is 1.39. The minimum absolute atomic E-state index is 0.0409. The van der Waals surface area contributed by atoms with Crippen LogP contribution in [0.1, 0.15) is 22.5 Å². The third kappa shape index (κ3) is 3.39. The van der Waals surface area contributed by atoms with Gasteiger partial charge in [-0.25, -0.2) is 4.98 Å². The number of benzene rings is 2. The van der Waals surface area contributed by atoms with Crippen molar-refractivity contribution < 1.29 is 9.53 Å². The molecule has 0 saturated carbocycles. The number of nitrogens with zero attached hydrogens (tertiary/aromatic N) is 3. The van der Waals surface area contributed by atoms with Crippen LogP contribution in [0.15, 0.2) is 72.3 Å². The number of methoxy groups -OCH3 is 1. The number of ether oxygens (including phenoxy) is 1. The minimum atomic E-state index is 0.0409. The zero-order valence-corrected chi connectivity index (χ0v) is 17.4. The second kappa shape index (κ2) is 7.80. The minimum Gasteiger partial charge on any atom is -0.497 e. The van der Waals surface area contributed by atoms with Crippen LogP contribution in [0.3, 0.4) is 0 Å². The van der Waals surface area contributed by atoms with Crippen molar-refractivity contribution in [1.29, 1.82) is 0 Å². The van der Waals surface area contributed by atoms with Gasteiger partial charge in [0.25, 0.3) is 5.91 Å². The van der Waals surface area contributed by atoms with Crippen molar-refractivity contribution in [2.45, 2.75) is 6.42 Å². The maximum atomic E-state index is 13.2. The Morgan fingerprint density at radius 3 is 2.70 bits per heavy atom. The standard InChI is InChI=1S/C24H21N3O2S/c1-29-20-9-5-8-19(14-20)21-15-27-22(16-30-24(27)25-21)23(28)26-12-10-18(11-13-26)17-6-3-2-4-7-17/h2-10,14-16H,11-13H2,1H3. The number of hydrogen-bond donors (Lipinski definition) is 0. The lowest BCUT2D eigenvalue weighted by Gasteiger charge is -2.26. The average Bonchev–Trinajstić information content (AvgIpc) is 3.40. The van der Waals surface area contributed by atoms with Crippen molar-refractivity contribution >= 4 is 27.8 Å². The van der Waals surface area contributed by atoms with Crippen molar-refractivity contribution in [2.75, 3.05) is 20.2 Å². The second-order valence-electron chi connectivity index (χ2n) is 7.23. The van der Waals surface area contributed by atoms with Gasteiger partial charge in [0.05, 0.1) is 12.8 Å². The molecule has 0 N–H and O–H groups in total. The fourth-order valence-corrected chi connectivity index (χ4v) is 4.64. The van der Waals surface area contributed by atoms with Crippen LogP contribution >= 0.6 is 11.3 Å². The number of fused-ring (bicyclic) bond motifs is 1. The van der Waals surface area contributed by atoms with Gasteiger partial charge in [0.2, 0.25) is 0 Å². The van der Waals surface area contributed by atoms with Gasteiger partial charge in [0.1, 0.15) is 11.4 Å². The Morgan fingerprint density at radius 2 is 1.93 bits per heavy atom. The highest BCUT2D eigenvalue weighted by atomic mass is 32.1. The summed E-state index contributed by atoms with van der Waals surface area (Å²) in [6, 6.07) is 18.2. The monoisotopic (exact) mass is 415 g/mol. The van der Waals surface area contributed by atoms with Gasteiger partial charge < -0.3 is 9.64 Å². The Hall–Kier alpha value is -3.38. The zero-order chi connectivity index (χ0) is 20.5. The van der Waals surface area contributed by atoms with Crippen LogP contribution in [-0.2, 0) is 0 Å². The van der Waals surface area contributed by atoms with Crippen molar-refractivity contribution in [3.63, 3.8) is 0 Å². The van der Waals surface area contributed by atoms with Gasteiger partial charge in [-0.05, 0) is 29.7 Å². The SMILES string of the molecule is COc1cccc(-c2cn3c(C(=O)N4CC=C(c5ccccc5)CC4)csc3n2)c1. The summed E-state index contributed by atoms with van der Waals surface area (Å²) in [5.74, 6) is 0.827. The molecule has 1 aliphatic rings. The van der Waals surface area contributed by atoms with Gasteiger partial charge in [-0.1, -0.05) is 48.5 Å². The van der Waals surface area contributed by atoms with Crippen molar-refractivity contribution in [3.05, 3.63) is 83.5 Å². The van der Waals surface area contributed by atoms with E-state index in [0.29, 0.717) is 18.8 Å². The van der Waals surface area contributed by atoms with E-state index < -0.39 is 0 Å². The number of rotatable bonds is 4. The highest BCUT2D eigenvalue weighted by Crippen LogP contribution is 2.28. The number of hydrogen-bond acceptors (Lipinski definition) is 4. The molecule has 150 valence electrons. The molecule has 0 saturated heterocycles. The molecule has 0 spiro atoms. The molecule has 6 heteroatoms. The average molecular weight is 416 g/mol. The van der Waals surface area contributed by atoms with Gasteiger partial charge in [0, 0.05) is 30.2 Å². The Kier molecular flexibility index (Phi) is 4.85. The van der Waals surface area contributed by atoms with E-state index in [1.165, 1.54) is 22.5 Å². The summed E-state index contributed by atoms with van der Waals surface area (Å²) in [7, 11) is 1.65. The first kappa shape index (κ1) is 18.6. The molecule has 5 nitrogen and oxygen atoms in total. The maximum Gasteiger partial charge on any atom is 0.272 e. The van der Waals surface area contributed by atoms with Crippen LogP contribution in [0.2, 0.25) is 0 Å². The van der Waals surface area contributed by atoms with Crippen molar-refractivity contribution in [3.8, 4) is 17.0 Å². The summed E-state index contributed by atoms with van der Waals surface area (Å²) in [6.45, 7) is 1.34.